The number of carboxylic acid groups (broad SMARTS) is 1. The van der Waals surface area contributed by atoms with E-state index in [0.717, 1.165) is 16.7 Å². The molecule has 3 heteroatoms. The molecule has 0 aliphatic carbocycles. The van der Waals surface area contributed by atoms with Crippen molar-refractivity contribution in [3.8, 4) is 6.07 Å². The lowest BCUT2D eigenvalue weighted by atomic mass is 9.97. The first kappa shape index (κ1) is 14.3. The normalized spacial score (nSPS) is 10.5. The van der Waals surface area contributed by atoms with Crippen LogP contribution in [0.4, 0.5) is 0 Å². The molecule has 0 fully saturated rings. The zero-order valence-electron chi connectivity index (χ0n) is 11.2. The third-order valence-corrected chi connectivity index (χ3v) is 2.94. The van der Waals surface area contributed by atoms with Crippen molar-refractivity contribution in [3.05, 3.63) is 89.5 Å². The maximum atomic E-state index is 10.9. The van der Waals surface area contributed by atoms with E-state index in [2.05, 4.69) is 0 Å². The molecule has 3 nitrogen and oxygen atoms in total. The van der Waals surface area contributed by atoms with Crippen LogP contribution in [0, 0.1) is 11.3 Å². The highest BCUT2D eigenvalue weighted by Crippen LogP contribution is 2.23. The molecule has 0 radical (unpaired) electrons. The van der Waals surface area contributed by atoms with E-state index in [4.69, 9.17) is 10.4 Å². The van der Waals surface area contributed by atoms with Crippen molar-refractivity contribution in [3.63, 3.8) is 0 Å². The Morgan fingerprint density at radius 1 is 0.905 bits per heavy atom. The molecule has 0 aliphatic rings. The van der Waals surface area contributed by atoms with Crippen LogP contribution >= 0.6 is 0 Å². The number of benzene rings is 2. The number of aliphatic carboxylic acids is 1. The number of allylic oxidation sites excluding steroid dienone is 2. The number of rotatable bonds is 4. The molecule has 2 rings (SSSR count). The lowest BCUT2D eigenvalue weighted by Gasteiger charge is -2.07. The fourth-order valence-electron chi connectivity index (χ4n) is 1.92. The van der Waals surface area contributed by atoms with Crippen LogP contribution in [-0.2, 0) is 4.79 Å². The van der Waals surface area contributed by atoms with Crippen molar-refractivity contribution in [2.75, 3.05) is 0 Å². The topological polar surface area (TPSA) is 61.1 Å². The average Bonchev–Trinajstić information content (AvgIpc) is 2.53. The van der Waals surface area contributed by atoms with E-state index in [1.54, 1.807) is 12.1 Å². The molecule has 0 atom stereocenters. The average molecular weight is 275 g/mol. The lowest BCUT2D eigenvalue weighted by molar-refractivity contribution is -0.132. The highest BCUT2D eigenvalue weighted by molar-refractivity contribution is 5.92. The summed E-state index contributed by atoms with van der Waals surface area (Å²) in [5.74, 6) is -1.23. The molecule has 0 spiro atoms. The maximum absolute atomic E-state index is 10.9. The Labute approximate surface area is 123 Å². The van der Waals surface area contributed by atoms with Crippen LogP contribution in [0.3, 0.4) is 0 Å². The molecule has 0 heterocycles. The van der Waals surface area contributed by atoms with Crippen LogP contribution in [0.5, 0.6) is 0 Å². The summed E-state index contributed by atoms with van der Waals surface area (Å²) in [5.41, 5.74) is 2.50. The van der Waals surface area contributed by atoms with Gasteiger partial charge in [-0.05, 0) is 22.8 Å². The number of nitrogens with zero attached hydrogens (tertiary/aromatic N) is 1. The number of nitriles is 1. The molecular formula is C18H13NO2. The molecule has 102 valence electrons. The Hall–Kier alpha value is -3.12. The number of hydrogen-bond donors (Lipinski definition) is 1. The monoisotopic (exact) mass is 275 g/mol. The summed E-state index contributed by atoms with van der Waals surface area (Å²) in [6.07, 6.45) is 3.00. The van der Waals surface area contributed by atoms with Crippen molar-refractivity contribution in [1.29, 1.82) is 5.26 Å². The van der Waals surface area contributed by atoms with E-state index in [1.807, 2.05) is 60.7 Å². The summed E-state index contributed by atoms with van der Waals surface area (Å²) >= 11 is 0. The second-order valence-electron chi connectivity index (χ2n) is 4.31. The van der Waals surface area contributed by atoms with Gasteiger partial charge in [0.05, 0.1) is 0 Å². The molecule has 0 saturated heterocycles. The SMILES string of the molecule is N#CC(=CC=C(c1ccccc1)c1ccccc1)C(=O)O. The molecule has 0 saturated carbocycles. The minimum atomic E-state index is -1.23. The quantitative estimate of drug-likeness (QED) is 0.526. The van der Waals surface area contributed by atoms with Gasteiger partial charge in [0.1, 0.15) is 11.6 Å². The van der Waals surface area contributed by atoms with Crippen LogP contribution < -0.4 is 0 Å². The largest absolute Gasteiger partial charge is 0.477 e. The van der Waals surface area contributed by atoms with Gasteiger partial charge in [-0.3, -0.25) is 0 Å². The lowest BCUT2D eigenvalue weighted by Crippen LogP contribution is -1.97. The summed E-state index contributed by atoms with van der Waals surface area (Å²) in [5, 5.41) is 17.7. The first-order chi connectivity index (χ1) is 10.2. The summed E-state index contributed by atoms with van der Waals surface area (Å²) in [7, 11) is 0. The molecule has 0 bridgehead atoms. The standard InChI is InChI=1S/C18H13NO2/c19-13-16(18(20)21)11-12-17(14-7-3-1-4-8-14)15-9-5-2-6-10-15/h1-12H,(H,20,21). The Morgan fingerprint density at radius 3 is 1.76 bits per heavy atom. The Bertz CT molecular complexity index is 681. The van der Waals surface area contributed by atoms with E-state index >= 15 is 0 Å². The third kappa shape index (κ3) is 3.68. The minimum Gasteiger partial charge on any atom is -0.477 e. The van der Waals surface area contributed by atoms with Crippen LogP contribution in [0.2, 0.25) is 0 Å². The van der Waals surface area contributed by atoms with Gasteiger partial charge < -0.3 is 5.11 Å². The molecule has 1 N–H and O–H groups in total. The zero-order chi connectivity index (χ0) is 15.1. The molecule has 2 aromatic carbocycles. The smallest absolute Gasteiger partial charge is 0.346 e. The minimum absolute atomic E-state index is 0.292. The van der Waals surface area contributed by atoms with Crippen molar-refractivity contribution < 1.29 is 9.90 Å². The molecule has 21 heavy (non-hydrogen) atoms. The third-order valence-electron chi connectivity index (χ3n) is 2.94. The Balaban J connectivity index is 2.53. The molecule has 0 unspecified atom stereocenters. The highest BCUT2D eigenvalue weighted by Gasteiger charge is 2.06. The van der Waals surface area contributed by atoms with Gasteiger partial charge in [-0.2, -0.15) is 5.26 Å². The van der Waals surface area contributed by atoms with E-state index in [-0.39, 0.29) is 5.57 Å². The van der Waals surface area contributed by atoms with Crippen molar-refractivity contribution in [2.45, 2.75) is 0 Å². The van der Waals surface area contributed by atoms with Crippen molar-refractivity contribution >= 4 is 11.5 Å². The first-order valence-corrected chi connectivity index (χ1v) is 6.38. The van der Waals surface area contributed by atoms with Gasteiger partial charge >= 0.3 is 5.97 Å². The van der Waals surface area contributed by atoms with Crippen LogP contribution in [0.15, 0.2) is 78.4 Å². The summed E-state index contributed by atoms with van der Waals surface area (Å²) < 4.78 is 0. The van der Waals surface area contributed by atoms with Crippen LogP contribution in [0.1, 0.15) is 11.1 Å². The predicted molar refractivity (Wildman–Crippen MR) is 81.3 cm³/mol. The van der Waals surface area contributed by atoms with Gasteiger partial charge in [-0.15, -0.1) is 0 Å². The predicted octanol–water partition coefficient (Wildman–Crippen LogP) is 3.65. The number of carboxylic acids is 1. The number of hydrogen-bond acceptors (Lipinski definition) is 2. The van der Waals surface area contributed by atoms with Crippen molar-refractivity contribution in [2.24, 2.45) is 0 Å². The molecule has 0 aliphatic heterocycles. The van der Waals surface area contributed by atoms with Gasteiger partial charge in [0.25, 0.3) is 0 Å². The van der Waals surface area contributed by atoms with Crippen LogP contribution in [-0.4, -0.2) is 11.1 Å². The van der Waals surface area contributed by atoms with Gasteiger partial charge in [0.15, 0.2) is 0 Å². The van der Waals surface area contributed by atoms with E-state index in [0.29, 0.717) is 0 Å². The van der Waals surface area contributed by atoms with E-state index < -0.39 is 5.97 Å². The number of carbonyl (C=O) groups is 1. The van der Waals surface area contributed by atoms with E-state index in [1.165, 1.54) is 6.08 Å². The molecule has 2 aromatic rings. The Morgan fingerprint density at radius 2 is 1.38 bits per heavy atom. The summed E-state index contributed by atoms with van der Waals surface area (Å²) in [4.78, 5) is 10.9. The summed E-state index contributed by atoms with van der Waals surface area (Å²) in [6, 6.07) is 20.9. The molecule has 0 aromatic heterocycles. The molecule has 0 amide bonds. The van der Waals surface area contributed by atoms with Gasteiger partial charge in [-0.1, -0.05) is 66.7 Å². The fourth-order valence-corrected chi connectivity index (χ4v) is 1.92. The van der Waals surface area contributed by atoms with Gasteiger partial charge in [0.2, 0.25) is 0 Å². The maximum Gasteiger partial charge on any atom is 0.346 e. The zero-order valence-corrected chi connectivity index (χ0v) is 11.2. The first-order valence-electron chi connectivity index (χ1n) is 6.38. The van der Waals surface area contributed by atoms with Crippen LogP contribution in [0.25, 0.3) is 5.57 Å². The second kappa shape index (κ2) is 6.88. The molecular weight excluding hydrogens is 262 g/mol. The fraction of sp³-hybridized carbons (Fsp3) is 0. The Kier molecular flexibility index (Phi) is 4.68. The highest BCUT2D eigenvalue weighted by atomic mass is 16.4. The van der Waals surface area contributed by atoms with E-state index in [9.17, 15) is 4.79 Å². The van der Waals surface area contributed by atoms with Gasteiger partial charge in [-0.25, -0.2) is 4.79 Å². The second-order valence-corrected chi connectivity index (χ2v) is 4.31. The summed E-state index contributed by atoms with van der Waals surface area (Å²) in [6.45, 7) is 0. The van der Waals surface area contributed by atoms with Gasteiger partial charge in [0, 0.05) is 0 Å². The van der Waals surface area contributed by atoms with Crippen molar-refractivity contribution in [1.82, 2.24) is 0 Å².